The molecule has 168 valence electrons. The third-order valence-corrected chi connectivity index (χ3v) is 7.42. The third kappa shape index (κ3) is 3.89. The van der Waals surface area contributed by atoms with Crippen molar-refractivity contribution in [3.63, 3.8) is 0 Å². The maximum absolute atomic E-state index is 13.6. The molecule has 2 heterocycles. The van der Waals surface area contributed by atoms with E-state index in [0.717, 1.165) is 5.56 Å². The largest absolute Gasteiger partial charge is 0.394 e. The molecule has 32 heavy (non-hydrogen) atoms. The zero-order chi connectivity index (χ0) is 23.0. The number of aliphatic hydroxyl groups excluding tert-OH is 1. The fraction of sp³-hybridized carbons (Fsp3) is 0.375. The van der Waals surface area contributed by atoms with E-state index in [4.69, 9.17) is 0 Å². The molecule has 0 aromatic heterocycles. The first kappa shape index (κ1) is 22.4. The lowest BCUT2D eigenvalue weighted by Crippen LogP contribution is -2.55. The molecule has 0 saturated carbocycles. The zero-order valence-corrected chi connectivity index (χ0v) is 19.1. The number of aliphatic hydroxyl groups is 1. The predicted molar refractivity (Wildman–Crippen MR) is 123 cm³/mol. The van der Waals surface area contributed by atoms with Crippen LogP contribution in [0.1, 0.15) is 53.7 Å². The number of thioether (sulfide) groups is 1. The molecular formula is C24H27N3O4S. The van der Waals surface area contributed by atoms with Crippen LogP contribution >= 0.6 is 11.8 Å². The molecule has 4 rings (SSSR count). The molecule has 8 heteroatoms. The van der Waals surface area contributed by atoms with Crippen LogP contribution in [0.3, 0.4) is 0 Å². The Kier molecular flexibility index (Phi) is 6.01. The molecule has 2 aliphatic rings. The summed E-state index contributed by atoms with van der Waals surface area (Å²) in [5, 5.41) is 14.7. The Morgan fingerprint density at radius 1 is 1.09 bits per heavy atom. The van der Waals surface area contributed by atoms with Gasteiger partial charge in [0.2, 0.25) is 11.8 Å². The summed E-state index contributed by atoms with van der Waals surface area (Å²) in [6, 6.07) is 14.2. The second kappa shape index (κ2) is 8.60. The van der Waals surface area contributed by atoms with Crippen molar-refractivity contribution < 1.29 is 19.5 Å². The van der Waals surface area contributed by atoms with Crippen LogP contribution in [-0.4, -0.2) is 51.2 Å². The first-order valence-electron chi connectivity index (χ1n) is 10.6. The van der Waals surface area contributed by atoms with Gasteiger partial charge in [-0.1, -0.05) is 48.5 Å². The molecule has 1 saturated heterocycles. The van der Waals surface area contributed by atoms with Crippen molar-refractivity contribution >= 4 is 29.5 Å². The van der Waals surface area contributed by atoms with E-state index in [1.807, 2.05) is 38.1 Å². The summed E-state index contributed by atoms with van der Waals surface area (Å²) in [5.74, 6) is -0.965. The first-order chi connectivity index (χ1) is 15.2. The number of amides is 3. The van der Waals surface area contributed by atoms with E-state index in [1.165, 1.54) is 0 Å². The van der Waals surface area contributed by atoms with Crippen molar-refractivity contribution in [1.82, 2.24) is 15.5 Å². The Hall–Kier alpha value is -2.84. The maximum atomic E-state index is 13.6. The molecule has 3 N–H and O–H groups in total. The van der Waals surface area contributed by atoms with Crippen molar-refractivity contribution in [2.75, 3.05) is 6.61 Å². The lowest BCUT2D eigenvalue weighted by atomic mass is 9.99. The summed E-state index contributed by atoms with van der Waals surface area (Å²) < 4.78 is -0.548. The van der Waals surface area contributed by atoms with Gasteiger partial charge in [-0.2, -0.15) is 0 Å². The van der Waals surface area contributed by atoms with Crippen LogP contribution in [0.15, 0.2) is 54.6 Å². The van der Waals surface area contributed by atoms with E-state index in [2.05, 4.69) is 10.6 Å². The first-order valence-corrected chi connectivity index (χ1v) is 11.5. The third-order valence-electron chi connectivity index (χ3n) is 5.89. The van der Waals surface area contributed by atoms with Crippen LogP contribution in [0.5, 0.6) is 0 Å². The predicted octanol–water partition coefficient (Wildman–Crippen LogP) is 2.39. The fourth-order valence-corrected chi connectivity index (χ4v) is 5.93. The standard InChI is InChI=1S/C24H27N3O4S/c1-14(13-28)25-20(29)18(15-9-5-4-6-10-15)26-21(30)19-24(2,3)32-23-17-12-8-7-11-16(17)22(31)27(19)23/h4-12,14,18-19,23,28H,13H2,1-3H3,(H,25,29)(H,26,30). The van der Waals surface area contributed by atoms with Crippen molar-refractivity contribution in [2.24, 2.45) is 0 Å². The van der Waals surface area contributed by atoms with E-state index in [-0.39, 0.29) is 23.8 Å². The monoisotopic (exact) mass is 453 g/mol. The van der Waals surface area contributed by atoms with Gasteiger partial charge in [0.1, 0.15) is 17.5 Å². The highest BCUT2D eigenvalue weighted by molar-refractivity contribution is 8.01. The van der Waals surface area contributed by atoms with Crippen LogP contribution in [0, 0.1) is 0 Å². The Labute approximate surface area is 191 Å². The number of benzene rings is 2. The van der Waals surface area contributed by atoms with Crippen molar-refractivity contribution in [3.05, 3.63) is 71.3 Å². The highest BCUT2D eigenvalue weighted by Gasteiger charge is 2.57. The summed E-state index contributed by atoms with van der Waals surface area (Å²) in [6.07, 6.45) is 0. The van der Waals surface area contributed by atoms with Gasteiger partial charge in [0, 0.05) is 16.4 Å². The van der Waals surface area contributed by atoms with Crippen LogP contribution in [0.4, 0.5) is 0 Å². The van der Waals surface area contributed by atoms with Gasteiger partial charge in [-0.3, -0.25) is 14.4 Å². The average molecular weight is 454 g/mol. The summed E-state index contributed by atoms with van der Waals surface area (Å²) in [4.78, 5) is 41.4. The lowest BCUT2D eigenvalue weighted by Gasteiger charge is -2.31. The van der Waals surface area contributed by atoms with Gasteiger partial charge >= 0.3 is 0 Å². The van der Waals surface area contributed by atoms with Crippen molar-refractivity contribution in [3.8, 4) is 0 Å². The molecule has 7 nitrogen and oxygen atoms in total. The Morgan fingerprint density at radius 3 is 2.44 bits per heavy atom. The number of fused-ring (bicyclic) bond motifs is 3. The number of carbonyl (C=O) groups is 3. The van der Waals surface area contributed by atoms with Gasteiger partial charge in [-0.15, -0.1) is 11.8 Å². The number of hydrogen-bond acceptors (Lipinski definition) is 5. The molecule has 2 aromatic rings. The van der Waals surface area contributed by atoms with E-state index in [9.17, 15) is 19.5 Å². The number of nitrogens with zero attached hydrogens (tertiary/aromatic N) is 1. The SMILES string of the molecule is CC(CO)NC(=O)C(NC(=O)C1N2C(=O)c3ccccc3C2SC1(C)C)c1ccccc1. The maximum Gasteiger partial charge on any atom is 0.256 e. The summed E-state index contributed by atoms with van der Waals surface area (Å²) in [5.41, 5.74) is 2.16. The van der Waals surface area contributed by atoms with Gasteiger partial charge in [-0.05, 0) is 38.0 Å². The minimum Gasteiger partial charge on any atom is -0.394 e. The van der Waals surface area contributed by atoms with Crippen LogP contribution < -0.4 is 10.6 Å². The van der Waals surface area contributed by atoms with Gasteiger partial charge in [0.25, 0.3) is 5.91 Å². The smallest absolute Gasteiger partial charge is 0.256 e. The molecule has 3 amide bonds. The number of rotatable bonds is 6. The molecule has 4 unspecified atom stereocenters. The minimum absolute atomic E-state index is 0.168. The van der Waals surface area contributed by atoms with Gasteiger partial charge in [0.05, 0.1) is 6.61 Å². The van der Waals surface area contributed by atoms with E-state index in [1.54, 1.807) is 53.9 Å². The summed E-state index contributed by atoms with van der Waals surface area (Å²) >= 11 is 1.58. The minimum atomic E-state index is -0.947. The van der Waals surface area contributed by atoms with E-state index in [0.29, 0.717) is 11.1 Å². The summed E-state index contributed by atoms with van der Waals surface area (Å²) in [6.45, 7) is 5.36. The van der Waals surface area contributed by atoms with Gasteiger partial charge < -0.3 is 20.6 Å². The topological polar surface area (TPSA) is 98.7 Å². The second-order valence-corrected chi connectivity index (χ2v) is 10.5. The average Bonchev–Trinajstić information content (AvgIpc) is 3.21. The number of hydrogen-bond donors (Lipinski definition) is 3. The highest BCUT2D eigenvalue weighted by atomic mass is 32.2. The van der Waals surface area contributed by atoms with Crippen molar-refractivity contribution in [1.29, 1.82) is 0 Å². The molecule has 2 aliphatic heterocycles. The normalized spacial score (nSPS) is 22.6. The fourth-order valence-electron chi connectivity index (χ4n) is 4.34. The molecule has 0 radical (unpaired) electrons. The van der Waals surface area contributed by atoms with Gasteiger partial charge in [0.15, 0.2) is 0 Å². The van der Waals surface area contributed by atoms with E-state index < -0.39 is 28.8 Å². The van der Waals surface area contributed by atoms with Crippen LogP contribution in [0.25, 0.3) is 0 Å². The quantitative estimate of drug-likeness (QED) is 0.624. The van der Waals surface area contributed by atoms with Crippen LogP contribution in [0.2, 0.25) is 0 Å². The summed E-state index contributed by atoms with van der Waals surface area (Å²) in [7, 11) is 0. The molecule has 2 aromatic carbocycles. The number of nitrogens with one attached hydrogen (secondary N) is 2. The Balaban J connectivity index is 1.63. The van der Waals surface area contributed by atoms with Crippen molar-refractivity contribution in [2.45, 2.75) is 49.0 Å². The highest BCUT2D eigenvalue weighted by Crippen LogP contribution is 2.56. The Morgan fingerprint density at radius 2 is 1.75 bits per heavy atom. The van der Waals surface area contributed by atoms with E-state index >= 15 is 0 Å². The Bertz CT molecular complexity index is 1040. The molecule has 0 aliphatic carbocycles. The zero-order valence-electron chi connectivity index (χ0n) is 18.2. The molecular weight excluding hydrogens is 426 g/mol. The molecule has 1 fully saturated rings. The second-order valence-electron chi connectivity index (χ2n) is 8.72. The lowest BCUT2D eigenvalue weighted by molar-refractivity contribution is -0.132. The molecule has 0 bridgehead atoms. The van der Waals surface area contributed by atoms with Crippen LogP contribution in [-0.2, 0) is 9.59 Å². The molecule has 4 atom stereocenters. The molecule has 0 spiro atoms. The number of carbonyl (C=O) groups excluding carboxylic acids is 3. The van der Waals surface area contributed by atoms with Gasteiger partial charge in [-0.25, -0.2) is 0 Å².